The predicted octanol–water partition coefficient (Wildman–Crippen LogP) is 3.94. The van der Waals surface area contributed by atoms with Crippen LogP contribution in [0.2, 0.25) is 0 Å². The van der Waals surface area contributed by atoms with Crippen molar-refractivity contribution in [3.63, 3.8) is 0 Å². The SMILES string of the molecule is OC(C#CCN1CCCCC1)(c1ccccc1)C12CCC(CC1)C2. The lowest BCUT2D eigenvalue weighted by Gasteiger charge is -2.41. The molecule has 1 aromatic rings. The van der Waals surface area contributed by atoms with Crippen LogP contribution in [0, 0.1) is 23.2 Å². The highest BCUT2D eigenvalue weighted by Crippen LogP contribution is 2.62. The van der Waals surface area contributed by atoms with Crippen LogP contribution in [0.3, 0.4) is 0 Å². The fourth-order valence-corrected chi connectivity index (χ4v) is 5.29. The Kier molecular flexibility index (Phi) is 4.41. The third-order valence-electron chi connectivity index (χ3n) is 6.72. The Hall–Kier alpha value is -1.30. The first-order chi connectivity index (χ1) is 11.7. The zero-order valence-electron chi connectivity index (χ0n) is 14.6. The van der Waals surface area contributed by atoms with Crippen molar-refractivity contribution in [2.75, 3.05) is 19.6 Å². The lowest BCUT2D eigenvalue weighted by molar-refractivity contribution is -0.0370. The maximum Gasteiger partial charge on any atom is 0.156 e. The summed E-state index contributed by atoms with van der Waals surface area (Å²) >= 11 is 0. The maximum atomic E-state index is 11.8. The van der Waals surface area contributed by atoms with Gasteiger partial charge >= 0.3 is 0 Å². The Morgan fingerprint density at radius 2 is 1.79 bits per heavy atom. The molecule has 0 radical (unpaired) electrons. The van der Waals surface area contributed by atoms with Gasteiger partial charge in [-0.1, -0.05) is 48.6 Å². The number of benzene rings is 1. The molecule has 2 heteroatoms. The van der Waals surface area contributed by atoms with E-state index < -0.39 is 5.60 Å². The molecule has 2 saturated carbocycles. The molecule has 0 aromatic heterocycles. The first-order valence-corrected chi connectivity index (χ1v) is 9.72. The number of aliphatic hydroxyl groups is 1. The normalized spacial score (nSPS) is 32.1. The minimum Gasteiger partial charge on any atom is -0.373 e. The van der Waals surface area contributed by atoms with E-state index in [-0.39, 0.29) is 5.41 Å². The second-order valence-corrected chi connectivity index (χ2v) is 8.14. The smallest absolute Gasteiger partial charge is 0.156 e. The Bertz CT molecular complexity index is 614. The summed E-state index contributed by atoms with van der Waals surface area (Å²) in [7, 11) is 0. The number of likely N-dealkylation sites (tertiary alicyclic amines) is 1. The van der Waals surface area contributed by atoms with Crippen LogP contribution in [0.5, 0.6) is 0 Å². The minimum absolute atomic E-state index is 0.0199. The first-order valence-electron chi connectivity index (χ1n) is 9.72. The van der Waals surface area contributed by atoms with Gasteiger partial charge in [-0.05, 0) is 69.5 Å². The van der Waals surface area contributed by atoms with Crippen LogP contribution in [-0.4, -0.2) is 29.6 Å². The fourth-order valence-electron chi connectivity index (χ4n) is 5.29. The Morgan fingerprint density at radius 1 is 1.08 bits per heavy atom. The zero-order valence-corrected chi connectivity index (χ0v) is 14.6. The van der Waals surface area contributed by atoms with Crippen molar-refractivity contribution in [1.29, 1.82) is 0 Å². The van der Waals surface area contributed by atoms with Gasteiger partial charge in [-0.25, -0.2) is 0 Å². The summed E-state index contributed by atoms with van der Waals surface area (Å²) in [6, 6.07) is 10.2. The van der Waals surface area contributed by atoms with E-state index in [1.165, 1.54) is 32.1 Å². The van der Waals surface area contributed by atoms with Gasteiger partial charge in [-0.15, -0.1) is 0 Å². The molecule has 1 aromatic carbocycles. The maximum absolute atomic E-state index is 11.8. The van der Waals surface area contributed by atoms with E-state index in [4.69, 9.17) is 0 Å². The van der Waals surface area contributed by atoms with Crippen molar-refractivity contribution in [3.8, 4) is 11.8 Å². The van der Waals surface area contributed by atoms with Gasteiger partial charge in [0.25, 0.3) is 0 Å². The number of fused-ring (bicyclic) bond motifs is 2. The summed E-state index contributed by atoms with van der Waals surface area (Å²) in [6.07, 6.45) is 9.86. The van der Waals surface area contributed by atoms with E-state index in [0.717, 1.165) is 50.4 Å². The molecule has 1 N–H and O–H groups in total. The van der Waals surface area contributed by atoms with E-state index in [2.05, 4.69) is 28.9 Å². The zero-order chi connectivity index (χ0) is 16.5. The summed E-state index contributed by atoms with van der Waals surface area (Å²) in [6.45, 7) is 3.12. The van der Waals surface area contributed by atoms with Crippen molar-refractivity contribution >= 4 is 0 Å². The van der Waals surface area contributed by atoms with Gasteiger partial charge in [-0.2, -0.15) is 0 Å². The molecule has 2 nitrogen and oxygen atoms in total. The van der Waals surface area contributed by atoms with Crippen LogP contribution >= 0.6 is 0 Å². The van der Waals surface area contributed by atoms with E-state index in [1.54, 1.807) is 0 Å². The number of hydrogen-bond donors (Lipinski definition) is 1. The highest BCUT2D eigenvalue weighted by molar-refractivity contribution is 5.37. The average molecular weight is 323 g/mol. The van der Waals surface area contributed by atoms with Gasteiger partial charge in [0.05, 0.1) is 6.54 Å². The first kappa shape index (κ1) is 16.2. The van der Waals surface area contributed by atoms with E-state index in [1.807, 2.05) is 18.2 Å². The Labute approximate surface area is 146 Å². The lowest BCUT2D eigenvalue weighted by Crippen LogP contribution is -2.42. The molecule has 1 unspecified atom stereocenters. The Balaban J connectivity index is 1.62. The summed E-state index contributed by atoms with van der Waals surface area (Å²) in [5, 5.41) is 11.8. The number of hydrogen-bond acceptors (Lipinski definition) is 2. The molecular weight excluding hydrogens is 294 g/mol. The van der Waals surface area contributed by atoms with Crippen LogP contribution in [0.4, 0.5) is 0 Å². The van der Waals surface area contributed by atoms with Crippen LogP contribution in [0.15, 0.2) is 30.3 Å². The topological polar surface area (TPSA) is 23.5 Å². The van der Waals surface area contributed by atoms with Crippen molar-refractivity contribution in [2.24, 2.45) is 11.3 Å². The Morgan fingerprint density at radius 3 is 2.42 bits per heavy atom. The highest BCUT2D eigenvalue weighted by Gasteiger charge is 2.57. The summed E-state index contributed by atoms with van der Waals surface area (Å²) < 4.78 is 0. The van der Waals surface area contributed by atoms with Crippen LogP contribution in [0.1, 0.15) is 56.9 Å². The molecule has 0 spiro atoms. The number of rotatable bonds is 3. The monoisotopic (exact) mass is 323 g/mol. The third-order valence-corrected chi connectivity index (χ3v) is 6.72. The van der Waals surface area contributed by atoms with Gasteiger partial charge in [0.2, 0.25) is 0 Å². The van der Waals surface area contributed by atoms with E-state index in [0.29, 0.717) is 0 Å². The van der Waals surface area contributed by atoms with Crippen molar-refractivity contribution in [2.45, 2.75) is 57.0 Å². The van der Waals surface area contributed by atoms with Gasteiger partial charge in [-0.3, -0.25) is 4.90 Å². The number of nitrogens with zero attached hydrogens (tertiary/aromatic N) is 1. The highest BCUT2D eigenvalue weighted by atomic mass is 16.3. The number of piperidine rings is 1. The van der Waals surface area contributed by atoms with E-state index in [9.17, 15) is 5.11 Å². The molecule has 24 heavy (non-hydrogen) atoms. The molecule has 3 aliphatic rings. The molecule has 2 bridgehead atoms. The van der Waals surface area contributed by atoms with E-state index >= 15 is 0 Å². The second-order valence-electron chi connectivity index (χ2n) is 8.14. The summed E-state index contributed by atoms with van der Waals surface area (Å²) in [5.74, 6) is 7.57. The van der Waals surface area contributed by atoms with Gasteiger partial charge in [0, 0.05) is 5.41 Å². The third kappa shape index (κ3) is 2.79. The second kappa shape index (κ2) is 6.54. The van der Waals surface area contributed by atoms with Crippen LogP contribution in [0.25, 0.3) is 0 Å². The molecule has 128 valence electrons. The molecule has 1 saturated heterocycles. The molecule has 1 heterocycles. The van der Waals surface area contributed by atoms with Gasteiger partial charge in [0.15, 0.2) is 5.60 Å². The fraction of sp³-hybridized carbons (Fsp3) is 0.636. The molecule has 0 amide bonds. The largest absolute Gasteiger partial charge is 0.373 e. The minimum atomic E-state index is -0.977. The van der Waals surface area contributed by atoms with Gasteiger partial charge < -0.3 is 5.11 Å². The molecule has 4 rings (SSSR count). The van der Waals surface area contributed by atoms with Gasteiger partial charge in [0.1, 0.15) is 0 Å². The molecule has 1 aliphatic heterocycles. The quantitative estimate of drug-likeness (QED) is 0.852. The standard InChI is InChI=1S/C22H29NO/c24-22(20-8-3-1-4-9-20,21-13-10-19(18-21)11-14-21)12-7-17-23-15-5-2-6-16-23/h1,3-4,8-9,19,24H,2,5-6,10-11,13-18H2. The predicted molar refractivity (Wildman–Crippen MR) is 97.4 cm³/mol. The molecule has 3 fully saturated rings. The summed E-state index contributed by atoms with van der Waals surface area (Å²) in [4.78, 5) is 2.44. The van der Waals surface area contributed by atoms with Crippen molar-refractivity contribution in [1.82, 2.24) is 4.90 Å². The van der Waals surface area contributed by atoms with Crippen molar-refractivity contribution < 1.29 is 5.11 Å². The average Bonchev–Trinajstić information content (AvgIpc) is 3.26. The molecule has 1 atom stereocenters. The molecular formula is C22H29NO. The van der Waals surface area contributed by atoms with Crippen molar-refractivity contribution in [3.05, 3.63) is 35.9 Å². The molecule has 2 aliphatic carbocycles. The van der Waals surface area contributed by atoms with Crippen LogP contribution < -0.4 is 0 Å². The summed E-state index contributed by atoms with van der Waals surface area (Å²) in [5.41, 5.74) is 0.00198. The van der Waals surface area contributed by atoms with Crippen LogP contribution in [-0.2, 0) is 5.60 Å². The lowest BCUT2D eigenvalue weighted by atomic mass is 9.66.